The summed E-state index contributed by atoms with van der Waals surface area (Å²) in [6.07, 6.45) is 4.42. The van der Waals surface area contributed by atoms with Crippen molar-refractivity contribution in [1.29, 1.82) is 0 Å². The largest absolute Gasteiger partial charge is 0.492 e. The van der Waals surface area contributed by atoms with E-state index in [9.17, 15) is 4.79 Å². The lowest BCUT2D eigenvalue weighted by Gasteiger charge is -2.13. The van der Waals surface area contributed by atoms with E-state index in [1.807, 2.05) is 12.1 Å². The predicted molar refractivity (Wildman–Crippen MR) is 121 cm³/mol. The third kappa shape index (κ3) is 4.94. The lowest BCUT2D eigenvalue weighted by molar-refractivity contribution is 0.0948. The fourth-order valence-corrected chi connectivity index (χ4v) is 3.50. The zero-order valence-electron chi connectivity index (χ0n) is 20.4. The van der Waals surface area contributed by atoms with Crippen LogP contribution in [-0.2, 0) is 17.7 Å². The smallest absolute Gasteiger partial charge is 0.251 e. The molecule has 0 radical (unpaired) electrons. The molecule has 0 fully saturated rings. The fourth-order valence-electron chi connectivity index (χ4n) is 3.50. The second-order valence-corrected chi connectivity index (χ2v) is 7.24. The van der Waals surface area contributed by atoms with Gasteiger partial charge in [-0.15, -0.1) is 0 Å². The molecule has 32 heavy (non-hydrogen) atoms. The molecule has 0 bridgehead atoms. The van der Waals surface area contributed by atoms with Gasteiger partial charge in [0.15, 0.2) is 0 Å². The summed E-state index contributed by atoms with van der Waals surface area (Å²) in [7, 11) is -2.42. The molecule has 0 spiro atoms. The number of hydrogen-bond donors (Lipinski definition) is 3. The van der Waals surface area contributed by atoms with Gasteiger partial charge in [-0.25, -0.2) is 15.0 Å². The average molecular weight is 438 g/mol. The number of nitrogen functional groups attached to an aromatic ring is 1. The number of benzene rings is 1. The van der Waals surface area contributed by atoms with Crippen LogP contribution in [0, 0.1) is 0 Å². The molecular formula is C23H26N6O3. The van der Waals surface area contributed by atoms with Crippen LogP contribution < -0.4 is 21.1 Å². The summed E-state index contributed by atoms with van der Waals surface area (Å²) in [5.41, 5.74) is 9.52. The molecule has 1 aliphatic heterocycles. The van der Waals surface area contributed by atoms with E-state index in [-0.39, 0.29) is 18.5 Å². The van der Waals surface area contributed by atoms with E-state index in [2.05, 4.69) is 25.6 Å². The van der Waals surface area contributed by atoms with E-state index >= 15 is 0 Å². The maximum Gasteiger partial charge on any atom is 0.251 e. The highest BCUT2D eigenvalue weighted by Crippen LogP contribution is 2.39. The van der Waals surface area contributed by atoms with Crippen molar-refractivity contribution in [2.24, 2.45) is 0 Å². The molecule has 1 aliphatic rings. The number of amides is 1. The number of methoxy groups -OCH3 is 1. The standard InChI is InChI=1S/C23H26N6O3/c1-31-10-3-8-25-22(30)16-5-2-4-15(12-16)13-27-21-17-7-11-32-20(17)18(14-28-21)19-6-9-26-23(24)29-19/h2,4-6,9,12,14H,3,7-8,10-11,13H2,1H3,(H,25,30)(H,27,28)(H2,24,26,29)/i1D3. The quantitative estimate of drug-likeness (QED) is 0.436. The minimum absolute atomic E-state index is 0.0468. The van der Waals surface area contributed by atoms with Gasteiger partial charge in [0.05, 0.1) is 22.0 Å². The highest BCUT2D eigenvalue weighted by Gasteiger charge is 2.23. The van der Waals surface area contributed by atoms with Gasteiger partial charge in [-0.05, 0) is 30.2 Å². The molecule has 0 saturated heterocycles. The van der Waals surface area contributed by atoms with Crippen molar-refractivity contribution < 1.29 is 18.4 Å². The molecular weight excluding hydrogens is 408 g/mol. The molecule has 3 aromatic rings. The third-order valence-corrected chi connectivity index (χ3v) is 5.03. The summed E-state index contributed by atoms with van der Waals surface area (Å²) in [5, 5.41) is 6.12. The molecule has 1 aromatic carbocycles. The first-order valence-corrected chi connectivity index (χ1v) is 10.3. The lowest BCUT2D eigenvalue weighted by Crippen LogP contribution is -2.25. The van der Waals surface area contributed by atoms with Crippen LogP contribution in [0.4, 0.5) is 11.8 Å². The van der Waals surface area contributed by atoms with Gasteiger partial charge in [0, 0.05) is 56.7 Å². The molecule has 4 rings (SSSR count). The Morgan fingerprint density at radius 3 is 3.16 bits per heavy atom. The number of carbonyl (C=O) groups excluding carboxylic acids is 1. The minimum Gasteiger partial charge on any atom is -0.492 e. The predicted octanol–water partition coefficient (Wildman–Crippen LogP) is 2.43. The summed E-state index contributed by atoms with van der Waals surface area (Å²) in [5.74, 6) is 1.40. The van der Waals surface area contributed by atoms with Crippen molar-refractivity contribution in [3.05, 3.63) is 59.4 Å². The highest BCUT2D eigenvalue weighted by molar-refractivity contribution is 5.94. The Bertz CT molecular complexity index is 1210. The first-order chi connectivity index (χ1) is 16.8. The molecule has 9 nitrogen and oxygen atoms in total. The Labute approximate surface area is 190 Å². The Morgan fingerprint density at radius 2 is 2.28 bits per heavy atom. The van der Waals surface area contributed by atoms with Gasteiger partial charge in [-0.1, -0.05) is 12.1 Å². The van der Waals surface area contributed by atoms with Crippen molar-refractivity contribution in [2.75, 3.05) is 37.8 Å². The zero-order valence-corrected chi connectivity index (χ0v) is 17.4. The summed E-state index contributed by atoms with van der Waals surface area (Å²) in [4.78, 5) is 25.2. The van der Waals surface area contributed by atoms with E-state index < -0.39 is 7.04 Å². The second kappa shape index (κ2) is 10.1. The Kier molecular flexibility index (Phi) is 5.63. The molecule has 0 atom stereocenters. The maximum atomic E-state index is 12.4. The van der Waals surface area contributed by atoms with Crippen molar-refractivity contribution in [3.8, 4) is 17.0 Å². The molecule has 9 heteroatoms. The van der Waals surface area contributed by atoms with Crippen LogP contribution in [0.25, 0.3) is 11.3 Å². The number of hydrogen-bond acceptors (Lipinski definition) is 8. The third-order valence-electron chi connectivity index (χ3n) is 5.03. The Hall–Kier alpha value is -3.72. The van der Waals surface area contributed by atoms with Gasteiger partial charge in [-0.2, -0.15) is 0 Å². The van der Waals surface area contributed by atoms with Crippen LogP contribution in [-0.4, -0.2) is 47.7 Å². The summed E-state index contributed by atoms with van der Waals surface area (Å²) >= 11 is 0. The molecule has 4 N–H and O–H groups in total. The normalized spacial score (nSPS) is 13.9. The number of carbonyl (C=O) groups is 1. The first kappa shape index (κ1) is 17.9. The highest BCUT2D eigenvalue weighted by atomic mass is 16.5. The van der Waals surface area contributed by atoms with Gasteiger partial charge < -0.3 is 25.8 Å². The second-order valence-electron chi connectivity index (χ2n) is 7.24. The van der Waals surface area contributed by atoms with Gasteiger partial charge in [0.1, 0.15) is 11.6 Å². The first-order valence-electron chi connectivity index (χ1n) is 11.8. The van der Waals surface area contributed by atoms with Crippen LogP contribution in [0.15, 0.2) is 42.7 Å². The molecule has 3 heterocycles. The molecule has 0 saturated carbocycles. The lowest BCUT2D eigenvalue weighted by atomic mass is 10.1. The van der Waals surface area contributed by atoms with Crippen LogP contribution in [0.3, 0.4) is 0 Å². The SMILES string of the molecule is [2H]C([2H])([2H])OCCCNC(=O)c1cccc(CNc2ncc(-c3ccnc(N)n3)c3c2CCO3)c1. The van der Waals surface area contributed by atoms with E-state index in [1.165, 1.54) is 0 Å². The van der Waals surface area contributed by atoms with Crippen LogP contribution in [0.2, 0.25) is 0 Å². The number of pyridine rings is 1. The van der Waals surface area contributed by atoms with Crippen molar-refractivity contribution >= 4 is 17.7 Å². The minimum atomic E-state index is -2.42. The van der Waals surface area contributed by atoms with Crippen molar-refractivity contribution in [1.82, 2.24) is 20.3 Å². The number of rotatable bonds is 9. The molecule has 166 valence electrons. The van der Waals surface area contributed by atoms with E-state index in [4.69, 9.17) is 19.3 Å². The number of ether oxygens (including phenoxy) is 2. The van der Waals surface area contributed by atoms with Crippen LogP contribution in [0.1, 0.15) is 32.0 Å². The van der Waals surface area contributed by atoms with Crippen molar-refractivity contribution in [2.45, 2.75) is 19.4 Å². The van der Waals surface area contributed by atoms with Gasteiger partial charge in [0.2, 0.25) is 5.95 Å². The van der Waals surface area contributed by atoms with E-state index in [0.717, 1.165) is 22.4 Å². The molecule has 0 unspecified atom stereocenters. The zero-order chi connectivity index (χ0) is 24.8. The number of nitrogens with two attached hydrogens (primary N) is 1. The number of aromatic nitrogens is 3. The van der Waals surface area contributed by atoms with Crippen molar-refractivity contribution in [3.63, 3.8) is 0 Å². The monoisotopic (exact) mass is 437 g/mol. The van der Waals surface area contributed by atoms with E-state index in [1.54, 1.807) is 30.6 Å². The number of anilines is 2. The molecule has 0 aliphatic carbocycles. The average Bonchev–Trinajstić information content (AvgIpc) is 3.32. The van der Waals surface area contributed by atoms with Crippen LogP contribution in [0.5, 0.6) is 5.75 Å². The Morgan fingerprint density at radius 1 is 1.34 bits per heavy atom. The summed E-state index contributed by atoms with van der Waals surface area (Å²) in [6, 6.07) is 9.02. The number of nitrogens with one attached hydrogen (secondary N) is 2. The van der Waals surface area contributed by atoms with Crippen LogP contribution >= 0.6 is 0 Å². The topological polar surface area (TPSA) is 124 Å². The summed E-state index contributed by atoms with van der Waals surface area (Å²) in [6.45, 7) is 1.38. The van der Waals surface area contributed by atoms with Gasteiger partial charge in [-0.3, -0.25) is 4.79 Å². The Balaban J connectivity index is 1.37. The molecule has 1 amide bonds. The fraction of sp³-hybridized carbons (Fsp3) is 0.304. The maximum absolute atomic E-state index is 12.4. The van der Waals surface area contributed by atoms with Gasteiger partial charge >= 0.3 is 0 Å². The summed E-state index contributed by atoms with van der Waals surface area (Å²) < 4.78 is 31.6. The van der Waals surface area contributed by atoms with E-state index in [0.29, 0.717) is 49.6 Å². The van der Waals surface area contributed by atoms with Gasteiger partial charge in [0.25, 0.3) is 5.91 Å². The number of fused-ring (bicyclic) bond motifs is 1. The molecule has 2 aromatic heterocycles. The number of nitrogens with zero attached hydrogens (tertiary/aromatic N) is 3.